The normalized spacial score (nSPS) is 11.4. The van der Waals surface area contributed by atoms with Crippen molar-refractivity contribution in [3.8, 4) is 0 Å². The minimum Gasteiger partial charge on any atom is -0.307 e. The van der Waals surface area contributed by atoms with Gasteiger partial charge in [-0.15, -0.1) is 0 Å². The van der Waals surface area contributed by atoms with Crippen molar-refractivity contribution < 1.29 is 18.0 Å². The van der Waals surface area contributed by atoms with Gasteiger partial charge in [0, 0.05) is 18.3 Å². The fourth-order valence-corrected chi connectivity index (χ4v) is 4.34. The summed E-state index contributed by atoms with van der Waals surface area (Å²) in [6.45, 7) is 3.38. The summed E-state index contributed by atoms with van der Waals surface area (Å²) in [4.78, 5) is 26.3. The lowest BCUT2D eigenvalue weighted by atomic mass is 10.1. The molecule has 0 fully saturated rings. The number of ketones is 1. The molecule has 0 N–H and O–H groups in total. The molecule has 0 aliphatic carbocycles. The first-order valence-corrected chi connectivity index (χ1v) is 11.6. The summed E-state index contributed by atoms with van der Waals surface area (Å²) in [6, 6.07) is 22.8. The molecule has 0 unspecified atom stereocenters. The van der Waals surface area contributed by atoms with Crippen molar-refractivity contribution in [2.75, 3.05) is 18.5 Å². The summed E-state index contributed by atoms with van der Waals surface area (Å²) < 4.78 is 27.0. The third-order valence-electron chi connectivity index (χ3n) is 5.16. The summed E-state index contributed by atoms with van der Waals surface area (Å²) in [6.07, 6.45) is 0. The highest BCUT2D eigenvalue weighted by molar-refractivity contribution is 7.89. The van der Waals surface area contributed by atoms with E-state index in [4.69, 9.17) is 0 Å². The van der Waals surface area contributed by atoms with Crippen LogP contribution in [-0.4, -0.2) is 38.0 Å². The molecule has 166 valence electrons. The number of carbonyl (C=O) groups excluding carboxylic acids is 2. The van der Waals surface area contributed by atoms with Gasteiger partial charge in [0.05, 0.1) is 18.0 Å². The van der Waals surface area contributed by atoms with Crippen LogP contribution in [0.1, 0.15) is 28.4 Å². The molecule has 6 nitrogen and oxygen atoms in total. The Labute approximate surface area is 189 Å². The summed E-state index contributed by atoms with van der Waals surface area (Å²) in [5, 5.41) is 0. The van der Waals surface area contributed by atoms with Gasteiger partial charge in [0.1, 0.15) is 0 Å². The quantitative estimate of drug-likeness (QED) is 0.485. The average Bonchev–Trinajstić information content (AvgIpc) is 2.78. The molecule has 0 saturated heterocycles. The number of amides is 1. The van der Waals surface area contributed by atoms with E-state index < -0.39 is 10.0 Å². The van der Waals surface area contributed by atoms with Crippen LogP contribution in [0.3, 0.4) is 0 Å². The molecule has 0 saturated carbocycles. The number of hydrogen-bond donors (Lipinski definition) is 0. The van der Waals surface area contributed by atoms with Crippen molar-refractivity contribution in [1.29, 1.82) is 0 Å². The monoisotopic (exact) mass is 450 g/mol. The lowest BCUT2D eigenvalue weighted by Crippen LogP contribution is -2.41. The molecule has 0 aromatic heterocycles. The molecule has 0 spiro atoms. The van der Waals surface area contributed by atoms with Gasteiger partial charge in [-0.25, -0.2) is 8.42 Å². The van der Waals surface area contributed by atoms with E-state index in [1.165, 1.54) is 38.2 Å². The average molecular weight is 451 g/mol. The Morgan fingerprint density at radius 1 is 0.844 bits per heavy atom. The number of likely N-dealkylation sites (N-methyl/N-ethyl adjacent to an activating group) is 1. The SMILES string of the molecule is CC(=O)c1ccc(S(=O)(=O)N(C)CC(=O)N(Cc2ccccc2)c2ccc(C)cc2)cc1. The Kier molecular flexibility index (Phi) is 7.22. The van der Waals surface area contributed by atoms with Crippen LogP contribution in [-0.2, 0) is 21.4 Å². The molecule has 3 aromatic rings. The number of Topliss-reactive ketones (excluding diaryl/α,β-unsaturated/α-hetero) is 1. The molecular formula is C25H26N2O4S. The highest BCUT2D eigenvalue weighted by Gasteiger charge is 2.26. The first-order valence-electron chi connectivity index (χ1n) is 10.2. The van der Waals surface area contributed by atoms with Crippen LogP contribution in [0.15, 0.2) is 83.8 Å². The number of nitrogens with zero attached hydrogens (tertiary/aromatic N) is 2. The van der Waals surface area contributed by atoms with E-state index in [-0.39, 0.29) is 23.1 Å². The molecule has 1 amide bonds. The maximum absolute atomic E-state index is 13.2. The summed E-state index contributed by atoms with van der Waals surface area (Å²) in [5.41, 5.74) is 3.12. The van der Waals surface area contributed by atoms with Gasteiger partial charge in [0.25, 0.3) is 0 Å². The van der Waals surface area contributed by atoms with Crippen molar-refractivity contribution >= 4 is 27.4 Å². The lowest BCUT2D eigenvalue weighted by molar-refractivity contribution is -0.118. The molecule has 3 rings (SSSR count). The minimum absolute atomic E-state index is 0.0303. The largest absolute Gasteiger partial charge is 0.307 e. The van der Waals surface area contributed by atoms with E-state index in [2.05, 4.69) is 0 Å². The maximum atomic E-state index is 13.2. The second-order valence-corrected chi connectivity index (χ2v) is 9.69. The molecule has 32 heavy (non-hydrogen) atoms. The summed E-state index contributed by atoms with van der Waals surface area (Å²) in [5.74, 6) is -0.490. The van der Waals surface area contributed by atoms with Crippen molar-refractivity contribution in [3.05, 3.63) is 95.6 Å². The summed E-state index contributed by atoms with van der Waals surface area (Å²) >= 11 is 0. The van der Waals surface area contributed by atoms with Gasteiger partial charge < -0.3 is 4.90 Å². The van der Waals surface area contributed by atoms with Gasteiger partial charge in [-0.1, -0.05) is 60.2 Å². The smallest absolute Gasteiger partial charge is 0.243 e. The number of carbonyl (C=O) groups is 2. The van der Waals surface area contributed by atoms with Crippen molar-refractivity contribution in [3.63, 3.8) is 0 Å². The minimum atomic E-state index is -3.90. The second kappa shape index (κ2) is 9.89. The van der Waals surface area contributed by atoms with Crippen LogP contribution >= 0.6 is 0 Å². The zero-order valence-electron chi connectivity index (χ0n) is 18.4. The van der Waals surface area contributed by atoms with E-state index in [9.17, 15) is 18.0 Å². The van der Waals surface area contributed by atoms with Crippen molar-refractivity contribution in [1.82, 2.24) is 4.31 Å². The molecule has 0 heterocycles. The Morgan fingerprint density at radius 3 is 2.00 bits per heavy atom. The fraction of sp³-hybridized carbons (Fsp3) is 0.200. The number of hydrogen-bond acceptors (Lipinski definition) is 4. The van der Waals surface area contributed by atoms with Gasteiger partial charge in [0.2, 0.25) is 15.9 Å². The zero-order valence-corrected chi connectivity index (χ0v) is 19.2. The van der Waals surface area contributed by atoms with Gasteiger partial charge in [-0.3, -0.25) is 9.59 Å². The maximum Gasteiger partial charge on any atom is 0.243 e. The van der Waals surface area contributed by atoms with Gasteiger partial charge in [0.15, 0.2) is 5.78 Å². The van der Waals surface area contributed by atoms with Crippen LogP contribution in [0.2, 0.25) is 0 Å². The molecular weight excluding hydrogens is 424 g/mol. The van der Waals surface area contributed by atoms with Crippen molar-refractivity contribution in [2.45, 2.75) is 25.3 Å². The Hall–Kier alpha value is -3.29. The lowest BCUT2D eigenvalue weighted by Gasteiger charge is -2.26. The van der Waals surface area contributed by atoms with E-state index >= 15 is 0 Å². The highest BCUT2D eigenvalue weighted by atomic mass is 32.2. The third kappa shape index (κ3) is 5.49. The van der Waals surface area contributed by atoms with Gasteiger partial charge >= 0.3 is 0 Å². The third-order valence-corrected chi connectivity index (χ3v) is 6.97. The first-order chi connectivity index (χ1) is 15.2. The molecule has 7 heteroatoms. The summed E-state index contributed by atoms with van der Waals surface area (Å²) in [7, 11) is -2.52. The first kappa shape index (κ1) is 23.4. The van der Waals surface area contributed by atoms with Crippen LogP contribution in [0, 0.1) is 6.92 Å². The fourth-order valence-electron chi connectivity index (χ4n) is 3.22. The molecule has 0 bridgehead atoms. The number of benzene rings is 3. The molecule has 0 radical (unpaired) electrons. The van der Waals surface area contributed by atoms with Crippen LogP contribution < -0.4 is 4.90 Å². The standard InChI is InChI=1S/C25H26N2O4S/c1-19-9-13-23(14-10-19)27(17-21-7-5-4-6-8-21)25(29)18-26(3)32(30,31)24-15-11-22(12-16-24)20(2)28/h4-16H,17-18H2,1-3H3. The van der Waals surface area contributed by atoms with Crippen LogP contribution in [0.4, 0.5) is 5.69 Å². The van der Waals surface area contributed by atoms with Gasteiger partial charge in [-0.05, 0) is 43.7 Å². The number of sulfonamides is 1. The van der Waals surface area contributed by atoms with Gasteiger partial charge in [-0.2, -0.15) is 4.31 Å². The number of aryl methyl sites for hydroxylation is 1. The Balaban J connectivity index is 1.84. The van der Waals surface area contributed by atoms with E-state index in [0.717, 1.165) is 15.4 Å². The highest BCUT2D eigenvalue weighted by Crippen LogP contribution is 2.21. The molecule has 0 atom stereocenters. The van der Waals surface area contributed by atoms with E-state index in [1.807, 2.05) is 61.5 Å². The number of anilines is 1. The van der Waals surface area contributed by atoms with Crippen molar-refractivity contribution in [2.24, 2.45) is 0 Å². The van der Waals surface area contributed by atoms with E-state index in [0.29, 0.717) is 17.8 Å². The zero-order chi connectivity index (χ0) is 23.3. The topological polar surface area (TPSA) is 74.8 Å². The molecule has 3 aromatic carbocycles. The van der Waals surface area contributed by atoms with E-state index in [1.54, 1.807) is 4.90 Å². The predicted molar refractivity (Wildman–Crippen MR) is 125 cm³/mol. The Bertz CT molecular complexity index is 1190. The second-order valence-electron chi connectivity index (χ2n) is 7.64. The van der Waals surface area contributed by atoms with Crippen LogP contribution in [0.25, 0.3) is 0 Å². The predicted octanol–water partition coefficient (Wildman–Crippen LogP) is 4.05. The number of rotatable bonds is 8. The Morgan fingerprint density at radius 2 is 1.44 bits per heavy atom. The molecule has 0 aliphatic rings. The van der Waals surface area contributed by atoms with Crippen LogP contribution in [0.5, 0.6) is 0 Å². The molecule has 0 aliphatic heterocycles.